The topological polar surface area (TPSA) is 61.4 Å². The SMILES string of the molecule is O=C(O)C1NCc2cscc2N1. The van der Waals surface area contributed by atoms with E-state index in [4.69, 9.17) is 5.11 Å². The summed E-state index contributed by atoms with van der Waals surface area (Å²) in [4.78, 5) is 10.6. The fraction of sp³-hybridized carbons (Fsp3) is 0.286. The van der Waals surface area contributed by atoms with E-state index >= 15 is 0 Å². The average Bonchev–Trinajstić information content (AvgIpc) is 2.49. The highest BCUT2D eigenvalue weighted by Gasteiger charge is 2.22. The van der Waals surface area contributed by atoms with Gasteiger partial charge in [0.1, 0.15) is 0 Å². The number of fused-ring (bicyclic) bond motifs is 1. The van der Waals surface area contributed by atoms with Crippen LogP contribution in [0, 0.1) is 0 Å². The predicted octanol–water partition coefficient (Wildman–Crippen LogP) is 0.674. The van der Waals surface area contributed by atoms with Gasteiger partial charge in [0, 0.05) is 11.9 Å². The molecule has 2 heterocycles. The molecule has 5 heteroatoms. The van der Waals surface area contributed by atoms with Crippen LogP contribution in [0.3, 0.4) is 0 Å². The molecule has 0 saturated heterocycles. The zero-order valence-corrected chi connectivity index (χ0v) is 7.02. The maximum absolute atomic E-state index is 10.6. The van der Waals surface area contributed by atoms with Crippen LogP contribution in [0.4, 0.5) is 5.69 Å². The fourth-order valence-electron chi connectivity index (χ4n) is 1.15. The van der Waals surface area contributed by atoms with Crippen LogP contribution in [-0.4, -0.2) is 17.2 Å². The maximum Gasteiger partial charge on any atom is 0.341 e. The van der Waals surface area contributed by atoms with Crippen molar-refractivity contribution in [1.82, 2.24) is 5.32 Å². The first kappa shape index (κ1) is 7.57. The Kier molecular flexibility index (Phi) is 1.74. The van der Waals surface area contributed by atoms with Crippen LogP contribution < -0.4 is 10.6 Å². The van der Waals surface area contributed by atoms with Gasteiger partial charge in [-0.15, -0.1) is 11.3 Å². The molecule has 1 unspecified atom stereocenters. The van der Waals surface area contributed by atoms with Gasteiger partial charge >= 0.3 is 5.97 Å². The Morgan fingerprint density at radius 2 is 2.50 bits per heavy atom. The van der Waals surface area contributed by atoms with Crippen molar-refractivity contribution in [3.05, 3.63) is 16.3 Å². The number of hydrogen-bond donors (Lipinski definition) is 3. The Morgan fingerprint density at radius 1 is 1.67 bits per heavy atom. The van der Waals surface area contributed by atoms with E-state index in [1.165, 1.54) is 0 Å². The van der Waals surface area contributed by atoms with Crippen molar-refractivity contribution in [1.29, 1.82) is 0 Å². The van der Waals surface area contributed by atoms with Crippen LogP contribution in [0.5, 0.6) is 0 Å². The van der Waals surface area contributed by atoms with E-state index in [0.29, 0.717) is 6.54 Å². The first-order valence-corrected chi connectivity index (χ1v) is 4.49. The normalized spacial score (nSPS) is 21.2. The van der Waals surface area contributed by atoms with E-state index < -0.39 is 12.1 Å². The summed E-state index contributed by atoms with van der Waals surface area (Å²) < 4.78 is 0. The van der Waals surface area contributed by atoms with E-state index in [1.807, 2.05) is 10.8 Å². The minimum Gasteiger partial charge on any atom is -0.479 e. The minimum absolute atomic E-state index is 0.628. The van der Waals surface area contributed by atoms with Gasteiger partial charge in [0.15, 0.2) is 6.17 Å². The van der Waals surface area contributed by atoms with Crippen LogP contribution in [0.2, 0.25) is 0 Å². The number of hydrogen-bond acceptors (Lipinski definition) is 4. The summed E-state index contributed by atoms with van der Waals surface area (Å²) in [7, 11) is 0. The summed E-state index contributed by atoms with van der Waals surface area (Å²) in [5, 5.41) is 18.3. The van der Waals surface area contributed by atoms with Gasteiger partial charge in [0.2, 0.25) is 0 Å². The monoisotopic (exact) mass is 184 g/mol. The smallest absolute Gasteiger partial charge is 0.341 e. The van der Waals surface area contributed by atoms with Gasteiger partial charge in [-0.05, 0) is 10.9 Å². The molecule has 1 aliphatic rings. The van der Waals surface area contributed by atoms with Crippen molar-refractivity contribution in [3.8, 4) is 0 Å². The quantitative estimate of drug-likeness (QED) is 0.600. The molecule has 4 nitrogen and oxygen atoms in total. The lowest BCUT2D eigenvalue weighted by Gasteiger charge is -2.22. The summed E-state index contributed by atoms with van der Waals surface area (Å²) in [6.07, 6.45) is -0.646. The minimum atomic E-state index is -0.869. The van der Waals surface area contributed by atoms with Gasteiger partial charge in [-0.3, -0.25) is 5.32 Å². The standard InChI is InChI=1S/C7H8N2O2S/c10-7(11)6-8-1-4-2-12-3-5(4)9-6/h2-3,6,8-9H,1H2,(H,10,11). The van der Waals surface area contributed by atoms with E-state index in [-0.39, 0.29) is 0 Å². The molecule has 1 atom stereocenters. The third-order valence-corrected chi connectivity index (χ3v) is 2.58. The lowest BCUT2D eigenvalue weighted by Crippen LogP contribution is -2.45. The molecule has 0 bridgehead atoms. The van der Waals surface area contributed by atoms with Gasteiger partial charge in [0.05, 0.1) is 5.69 Å². The van der Waals surface area contributed by atoms with Crippen LogP contribution in [-0.2, 0) is 11.3 Å². The summed E-state index contributed by atoms with van der Waals surface area (Å²) in [6, 6.07) is 0. The maximum atomic E-state index is 10.6. The van der Waals surface area contributed by atoms with Crippen molar-refractivity contribution in [3.63, 3.8) is 0 Å². The zero-order valence-electron chi connectivity index (χ0n) is 6.20. The van der Waals surface area contributed by atoms with E-state index in [0.717, 1.165) is 11.3 Å². The largest absolute Gasteiger partial charge is 0.479 e. The third kappa shape index (κ3) is 1.17. The van der Waals surface area contributed by atoms with Gasteiger partial charge in [0.25, 0.3) is 0 Å². The van der Waals surface area contributed by atoms with Crippen molar-refractivity contribution in [2.45, 2.75) is 12.7 Å². The number of aliphatic carboxylic acids is 1. The average molecular weight is 184 g/mol. The Morgan fingerprint density at radius 3 is 3.25 bits per heavy atom. The van der Waals surface area contributed by atoms with Crippen LogP contribution in [0.1, 0.15) is 5.56 Å². The van der Waals surface area contributed by atoms with E-state index in [2.05, 4.69) is 10.6 Å². The molecule has 0 radical (unpaired) electrons. The second kappa shape index (κ2) is 2.76. The van der Waals surface area contributed by atoms with Crippen molar-refractivity contribution in [2.24, 2.45) is 0 Å². The molecule has 1 aliphatic heterocycles. The second-order valence-electron chi connectivity index (χ2n) is 2.61. The lowest BCUT2D eigenvalue weighted by atomic mass is 10.2. The van der Waals surface area contributed by atoms with Crippen molar-refractivity contribution in [2.75, 3.05) is 5.32 Å². The molecule has 1 aromatic rings. The van der Waals surface area contributed by atoms with Crippen molar-refractivity contribution >= 4 is 23.0 Å². The van der Waals surface area contributed by atoms with Crippen LogP contribution >= 0.6 is 11.3 Å². The Hall–Kier alpha value is -1.07. The first-order valence-electron chi connectivity index (χ1n) is 3.55. The molecule has 2 rings (SSSR count). The van der Waals surface area contributed by atoms with E-state index in [1.54, 1.807) is 11.3 Å². The summed E-state index contributed by atoms with van der Waals surface area (Å²) >= 11 is 1.57. The highest BCUT2D eigenvalue weighted by atomic mass is 32.1. The molecule has 3 N–H and O–H groups in total. The molecule has 0 fully saturated rings. The highest BCUT2D eigenvalue weighted by Crippen LogP contribution is 2.23. The molecule has 0 saturated carbocycles. The molecule has 0 amide bonds. The number of thiophene rings is 1. The van der Waals surface area contributed by atoms with Crippen LogP contribution in [0.15, 0.2) is 10.8 Å². The van der Waals surface area contributed by atoms with Gasteiger partial charge in [-0.1, -0.05) is 0 Å². The molecular formula is C7H8N2O2S. The van der Waals surface area contributed by atoms with Gasteiger partial charge in [-0.25, -0.2) is 4.79 Å². The number of anilines is 1. The summed E-state index contributed by atoms with van der Waals surface area (Å²) in [5.41, 5.74) is 2.07. The van der Waals surface area contributed by atoms with Crippen LogP contribution in [0.25, 0.3) is 0 Å². The number of carboxylic acid groups (broad SMARTS) is 1. The molecule has 1 aromatic heterocycles. The fourth-order valence-corrected chi connectivity index (χ4v) is 1.95. The molecule has 12 heavy (non-hydrogen) atoms. The third-order valence-electron chi connectivity index (χ3n) is 1.79. The van der Waals surface area contributed by atoms with Crippen molar-refractivity contribution < 1.29 is 9.90 Å². The lowest BCUT2D eigenvalue weighted by molar-refractivity contribution is -0.138. The number of rotatable bonds is 1. The molecule has 0 aliphatic carbocycles. The Bertz CT molecular complexity index is 310. The first-order chi connectivity index (χ1) is 5.77. The summed E-state index contributed by atoms with van der Waals surface area (Å²) in [5.74, 6) is -0.869. The predicted molar refractivity (Wildman–Crippen MR) is 46.2 cm³/mol. The zero-order chi connectivity index (χ0) is 8.55. The molecule has 0 aromatic carbocycles. The Labute approximate surface area is 73.2 Å². The second-order valence-corrected chi connectivity index (χ2v) is 3.35. The molecule has 0 spiro atoms. The van der Waals surface area contributed by atoms with E-state index in [9.17, 15) is 4.79 Å². The highest BCUT2D eigenvalue weighted by molar-refractivity contribution is 7.08. The Balaban J connectivity index is 2.20. The van der Waals surface area contributed by atoms with Gasteiger partial charge in [-0.2, -0.15) is 0 Å². The van der Waals surface area contributed by atoms with Gasteiger partial charge < -0.3 is 10.4 Å². The summed E-state index contributed by atoms with van der Waals surface area (Å²) in [6.45, 7) is 0.628. The number of carboxylic acids is 1. The number of carbonyl (C=O) groups is 1. The molecular weight excluding hydrogens is 176 g/mol. The molecule has 64 valence electrons. The number of nitrogens with one attached hydrogen (secondary N) is 2.